The Labute approximate surface area is 175 Å². The number of aromatic hydroxyl groups is 1. The van der Waals surface area contributed by atoms with Crippen LogP contribution < -0.4 is 15.5 Å². The van der Waals surface area contributed by atoms with Gasteiger partial charge in [-0.15, -0.1) is 0 Å². The van der Waals surface area contributed by atoms with Crippen molar-refractivity contribution in [3.05, 3.63) is 65.7 Å². The number of phenols is 1. The zero-order chi connectivity index (χ0) is 22.3. The van der Waals surface area contributed by atoms with Crippen molar-refractivity contribution in [2.45, 2.75) is 26.9 Å². The van der Waals surface area contributed by atoms with Crippen LogP contribution in [0, 0.1) is 12.3 Å². The number of benzene rings is 2. The number of amides is 2. The maximum atomic E-state index is 12.6. The second kappa shape index (κ2) is 9.80. The molecule has 4 N–H and O–H groups in total. The van der Waals surface area contributed by atoms with E-state index in [2.05, 4.69) is 5.32 Å². The molecule has 2 aromatic carbocycles. The molecule has 0 radical (unpaired) electrons. The molecule has 0 spiro atoms. The number of phenolic OH excluding ortho intramolecular Hbond substituents is 1. The third-order valence-electron chi connectivity index (χ3n) is 4.48. The van der Waals surface area contributed by atoms with E-state index in [4.69, 9.17) is 14.7 Å². The number of hydrogen-bond acceptors (Lipinski definition) is 6. The van der Waals surface area contributed by atoms with Crippen molar-refractivity contribution in [1.29, 1.82) is 0 Å². The molecule has 0 heterocycles. The Morgan fingerprint density at radius 2 is 1.80 bits per heavy atom. The van der Waals surface area contributed by atoms with Crippen LogP contribution in [0.1, 0.15) is 31.1 Å². The lowest BCUT2D eigenvalue weighted by atomic mass is 9.82. The molecule has 0 aliphatic rings. The lowest BCUT2D eigenvalue weighted by Gasteiger charge is -2.32. The highest BCUT2D eigenvalue weighted by molar-refractivity contribution is 5.86. The summed E-state index contributed by atoms with van der Waals surface area (Å²) in [5, 5.41) is 21.5. The molecule has 8 nitrogen and oxygen atoms in total. The topological polar surface area (TPSA) is 117 Å². The van der Waals surface area contributed by atoms with Crippen LogP contribution in [0.5, 0.6) is 11.5 Å². The summed E-state index contributed by atoms with van der Waals surface area (Å²) < 4.78 is 10.7. The Morgan fingerprint density at radius 3 is 2.37 bits per heavy atom. The molecule has 0 fully saturated rings. The number of hydrogen-bond donors (Lipinski definition) is 4. The largest absolute Gasteiger partial charge is 0.504 e. The van der Waals surface area contributed by atoms with Crippen LogP contribution in [0.15, 0.2) is 54.6 Å². The van der Waals surface area contributed by atoms with Crippen molar-refractivity contribution in [3.63, 3.8) is 0 Å². The highest BCUT2D eigenvalue weighted by Gasteiger charge is 2.33. The second-order valence-electron chi connectivity index (χ2n) is 7.34. The van der Waals surface area contributed by atoms with E-state index in [9.17, 15) is 14.7 Å². The normalized spacial score (nSPS) is 12.3. The van der Waals surface area contributed by atoms with Gasteiger partial charge < -0.3 is 14.6 Å². The minimum Gasteiger partial charge on any atom is -0.504 e. The van der Waals surface area contributed by atoms with Crippen molar-refractivity contribution < 1.29 is 29.4 Å². The number of ether oxygens (including phenoxy) is 2. The van der Waals surface area contributed by atoms with Crippen molar-refractivity contribution in [1.82, 2.24) is 5.48 Å². The molecule has 8 heteroatoms. The summed E-state index contributed by atoms with van der Waals surface area (Å²) in [7, 11) is 1.43. The van der Waals surface area contributed by atoms with Crippen LogP contribution in [-0.2, 0) is 9.53 Å². The highest BCUT2D eigenvalue weighted by Crippen LogP contribution is 2.41. The van der Waals surface area contributed by atoms with E-state index in [1.807, 2.05) is 19.1 Å². The first kappa shape index (κ1) is 22.8. The molecular formula is C22H26N2O6. The van der Waals surface area contributed by atoms with Crippen molar-refractivity contribution >= 4 is 17.7 Å². The van der Waals surface area contributed by atoms with E-state index in [0.29, 0.717) is 11.3 Å². The summed E-state index contributed by atoms with van der Waals surface area (Å²) in [5.74, 6) is -0.562. The van der Waals surface area contributed by atoms with Gasteiger partial charge in [0.25, 0.3) is 5.91 Å². The molecule has 2 aromatic rings. The average molecular weight is 414 g/mol. The summed E-state index contributed by atoms with van der Waals surface area (Å²) in [6, 6.07) is 11.9. The van der Waals surface area contributed by atoms with Gasteiger partial charge in [0, 0.05) is 17.2 Å². The van der Waals surface area contributed by atoms with E-state index >= 15 is 0 Å². The SMILES string of the molecule is COc1ccc([C@H](OC(=O)Nc2ccc(C)cc2)C(C)(C)/C=C/C(=O)NO)cc1O. The molecule has 0 aliphatic carbocycles. The lowest BCUT2D eigenvalue weighted by molar-refractivity contribution is -0.124. The van der Waals surface area contributed by atoms with Crippen LogP contribution in [-0.4, -0.2) is 29.4 Å². The fraction of sp³-hybridized carbons (Fsp3) is 0.273. The van der Waals surface area contributed by atoms with Crippen molar-refractivity contribution in [2.75, 3.05) is 12.4 Å². The summed E-state index contributed by atoms with van der Waals surface area (Å²) in [5.41, 5.74) is 2.75. The number of methoxy groups -OCH3 is 1. The number of aryl methyl sites for hydroxylation is 1. The number of nitrogens with one attached hydrogen (secondary N) is 2. The molecule has 1 atom stereocenters. The van der Waals surface area contributed by atoms with Gasteiger partial charge in [0.2, 0.25) is 0 Å². The fourth-order valence-electron chi connectivity index (χ4n) is 2.83. The van der Waals surface area contributed by atoms with E-state index in [1.165, 1.54) is 24.7 Å². The number of carbonyl (C=O) groups is 2. The van der Waals surface area contributed by atoms with Crippen LogP contribution in [0.25, 0.3) is 0 Å². The third-order valence-corrected chi connectivity index (χ3v) is 4.48. The number of rotatable bonds is 7. The Bertz CT molecular complexity index is 922. The summed E-state index contributed by atoms with van der Waals surface area (Å²) in [6.45, 7) is 5.43. The van der Waals surface area contributed by atoms with Gasteiger partial charge in [0.15, 0.2) is 11.5 Å². The van der Waals surface area contributed by atoms with Crippen LogP contribution >= 0.6 is 0 Å². The monoisotopic (exact) mass is 414 g/mol. The zero-order valence-electron chi connectivity index (χ0n) is 17.3. The minimum atomic E-state index is -0.877. The first-order chi connectivity index (χ1) is 14.2. The summed E-state index contributed by atoms with van der Waals surface area (Å²) in [6.07, 6.45) is 1.07. The van der Waals surface area contributed by atoms with Gasteiger partial charge in [-0.25, -0.2) is 10.3 Å². The number of carbonyl (C=O) groups excluding carboxylic acids is 2. The fourth-order valence-corrected chi connectivity index (χ4v) is 2.83. The minimum absolute atomic E-state index is 0.115. The standard InChI is InChI=1S/C22H26N2O6/c1-14-5-8-16(9-6-14)23-21(27)30-20(22(2,3)12-11-19(26)24-28)15-7-10-18(29-4)17(25)13-15/h5-13,20,25,28H,1-4H3,(H,23,27)(H,24,26)/b12-11+/t20-/m0/s1. The number of hydroxylamine groups is 1. The predicted molar refractivity (Wildman–Crippen MR) is 112 cm³/mol. The van der Waals surface area contributed by atoms with Gasteiger partial charge in [0.1, 0.15) is 6.10 Å². The molecule has 30 heavy (non-hydrogen) atoms. The maximum Gasteiger partial charge on any atom is 0.412 e. The smallest absolute Gasteiger partial charge is 0.412 e. The molecule has 2 amide bonds. The van der Waals surface area contributed by atoms with E-state index < -0.39 is 23.5 Å². The Kier molecular flexibility index (Phi) is 7.43. The predicted octanol–water partition coefficient (Wildman–Crippen LogP) is 4.09. The van der Waals surface area contributed by atoms with E-state index in [-0.39, 0.29) is 11.5 Å². The van der Waals surface area contributed by atoms with Gasteiger partial charge in [-0.3, -0.25) is 15.3 Å². The molecule has 0 saturated heterocycles. The molecule has 0 aliphatic heterocycles. The Hall–Kier alpha value is -3.52. The van der Waals surface area contributed by atoms with Crippen molar-refractivity contribution in [3.8, 4) is 11.5 Å². The molecule has 160 valence electrons. The highest BCUT2D eigenvalue weighted by atomic mass is 16.6. The van der Waals surface area contributed by atoms with E-state index in [1.54, 1.807) is 38.1 Å². The Morgan fingerprint density at radius 1 is 1.13 bits per heavy atom. The summed E-state index contributed by atoms with van der Waals surface area (Å²) in [4.78, 5) is 24.0. The maximum absolute atomic E-state index is 12.6. The lowest BCUT2D eigenvalue weighted by Crippen LogP contribution is -2.28. The van der Waals surface area contributed by atoms with Gasteiger partial charge in [-0.05, 0) is 36.8 Å². The van der Waals surface area contributed by atoms with Gasteiger partial charge in [0.05, 0.1) is 7.11 Å². The molecule has 0 saturated carbocycles. The molecule has 0 aromatic heterocycles. The molecule has 2 rings (SSSR count). The van der Waals surface area contributed by atoms with E-state index in [0.717, 1.165) is 11.6 Å². The second-order valence-corrected chi connectivity index (χ2v) is 7.34. The van der Waals surface area contributed by atoms with Crippen LogP contribution in [0.4, 0.5) is 10.5 Å². The average Bonchev–Trinajstić information content (AvgIpc) is 2.71. The molecule has 0 bridgehead atoms. The first-order valence-electron chi connectivity index (χ1n) is 9.21. The van der Waals surface area contributed by atoms with Crippen molar-refractivity contribution in [2.24, 2.45) is 5.41 Å². The van der Waals surface area contributed by atoms with Gasteiger partial charge in [-0.1, -0.05) is 43.7 Å². The van der Waals surface area contributed by atoms with Gasteiger partial charge >= 0.3 is 6.09 Å². The quantitative estimate of drug-likeness (QED) is 0.308. The summed E-state index contributed by atoms with van der Waals surface area (Å²) >= 11 is 0. The Balaban J connectivity index is 2.33. The third kappa shape index (κ3) is 5.99. The van der Waals surface area contributed by atoms with Crippen LogP contribution in [0.2, 0.25) is 0 Å². The molecular weight excluding hydrogens is 388 g/mol. The zero-order valence-corrected chi connectivity index (χ0v) is 17.3. The van der Waals surface area contributed by atoms with Gasteiger partial charge in [-0.2, -0.15) is 0 Å². The number of anilines is 1. The molecule has 0 unspecified atom stereocenters. The van der Waals surface area contributed by atoms with Crippen LogP contribution in [0.3, 0.4) is 0 Å². The first-order valence-corrected chi connectivity index (χ1v) is 9.21.